The maximum Gasteiger partial charge on any atom is 0.272 e. The molecule has 4 rings (SSSR count). The number of imidazole rings is 1. The summed E-state index contributed by atoms with van der Waals surface area (Å²) < 4.78 is 3.53. The molecule has 27 heavy (non-hydrogen) atoms. The van der Waals surface area contributed by atoms with E-state index in [1.54, 1.807) is 10.9 Å². The molecule has 8 nitrogen and oxygen atoms in total. The van der Waals surface area contributed by atoms with Crippen LogP contribution in [0.1, 0.15) is 46.5 Å². The molecule has 0 aliphatic carbocycles. The fourth-order valence-corrected chi connectivity index (χ4v) is 3.98. The van der Waals surface area contributed by atoms with Crippen molar-refractivity contribution in [3.8, 4) is 11.3 Å². The van der Waals surface area contributed by atoms with Crippen LogP contribution in [0.2, 0.25) is 0 Å². The minimum Gasteiger partial charge on any atom is -0.348 e. The molecule has 1 fully saturated rings. The van der Waals surface area contributed by atoms with Crippen LogP contribution in [-0.4, -0.2) is 53.4 Å². The highest BCUT2D eigenvalue weighted by Crippen LogP contribution is 2.28. The Labute approximate surface area is 158 Å². The van der Waals surface area contributed by atoms with Crippen LogP contribution >= 0.6 is 0 Å². The molecule has 4 heterocycles. The van der Waals surface area contributed by atoms with Crippen molar-refractivity contribution in [3.05, 3.63) is 41.4 Å². The summed E-state index contributed by atoms with van der Waals surface area (Å²) in [6, 6.07) is 1.88. The summed E-state index contributed by atoms with van der Waals surface area (Å²) in [4.78, 5) is 22.6. The molecule has 1 amide bonds. The van der Waals surface area contributed by atoms with Crippen LogP contribution in [0.4, 0.5) is 0 Å². The molecule has 8 heteroatoms. The van der Waals surface area contributed by atoms with Gasteiger partial charge in [0.05, 0.1) is 11.4 Å². The Balaban J connectivity index is 1.60. The molecule has 3 aromatic heterocycles. The van der Waals surface area contributed by atoms with Gasteiger partial charge in [0.25, 0.3) is 5.91 Å². The number of nitrogens with zero attached hydrogens (tertiary/aromatic N) is 6. The first-order chi connectivity index (χ1) is 13.0. The number of rotatable bonds is 3. The lowest BCUT2D eigenvalue weighted by Gasteiger charge is -2.31. The molecular formula is C19H25N7O. The van der Waals surface area contributed by atoms with Gasteiger partial charge >= 0.3 is 0 Å². The van der Waals surface area contributed by atoms with E-state index in [-0.39, 0.29) is 11.8 Å². The van der Waals surface area contributed by atoms with E-state index < -0.39 is 0 Å². The normalized spacial score (nSPS) is 17.5. The second-order valence-corrected chi connectivity index (χ2v) is 7.27. The predicted octanol–water partition coefficient (Wildman–Crippen LogP) is 2.18. The second-order valence-electron chi connectivity index (χ2n) is 7.27. The zero-order valence-corrected chi connectivity index (χ0v) is 16.2. The SMILES string of the molecule is Cc1nn(C)c(C)c1-c1cc(C(=O)N2CCC[C@@H](c3ncc[nH]3)C2)n(C)n1. The first-order valence-electron chi connectivity index (χ1n) is 9.29. The Morgan fingerprint density at radius 3 is 2.70 bits per heavy atom. The van der Waals surface area contributed by atoms with Crippen molar-refractivity contribution < 1.29 is 4.79 Å². The number of likely N-dealkylation sites (tertiary alicyclic amines) is 1. The highest BCUT2D eigenvalue weighted by atomic mass is 16.2. The number of piperidine rings is 1. The van der Waals surface area contributed by atoms with E-state index >= 15 is 0 Å². The third-order valence-electron chi connectivity index (χ3n) is 5.48. The summed E-state index contributed by atoms with van der Waals surface area (Å²) in [5, 5.41) is 9.06. The summed E-state index contributed by atoms with van der Waals surface area (Å²) in [6.45, 7) is 5.43. The highest BCUT2D eigenvalue weighted by molar-refractivity contribution is 5.94. The van der Waals surface area contributed by atoms with Crippen molar-refractivity contribution >= 4 is 5.91 Å². The van der Waals surface area contributed by atoms with Crippen LogP contribution in [0.5, 0.6) is 0 Å². The molecular weight excluding hydrogens is 342 g/mol. The lowest BCUT2D eigenvalue weighted by Crippen LogP contribution is -2.40. The second kappa shape index (κ2) is 6.68. The topological polar surface area (TPSA) is 84.6 Å². The number of hydrogen-bond donors (Lipinski definition) is 1. The van der Waals surface area contributed by atoms with Gasteiger partial charge in [0, 0.05) is 56.8 Å². The maximum absolute atomic E-state index is 13.2. The van der Waals surface area contributed by atoms with Crippen LogP contribution in [0.15, 0.2) is 18.5 Å². The van der Waals surface area contributed by atoms with Crippen molar-refractivity contribution in [1.29, 1.82) is 0 Å². The Kier molecular flexibility index (Phi) is 4.33. The molecule has 3 aromatic rings. The first-order valence-corrected chi connectivity index (χ1v) is 9.29. The predicted molar refractivity (Wildman–Crippen MR) is 101 cm³/mol. The average Bonchev–Trinajstić information content (AvgIpc) is 3.36. The van der Waals surface area contributed by atoms with Crippen molar-refractivity contribution in [2.45, 2.75) is 32.6 Å². The maximum atomic E-state index is 13.2. The lowest BCUT2D eigenvalue weighted by molar-refractivity contribution is 0.0693. The number of aromatic nitrogens is 6. The summed E-state index contributed by atoms with van der Waals surface area (Å²) in [5.41, 5.74) is 4.36. The van der Waals surface area contributed by atoms with E-state index in [1.807, 2.05) is 49.8 Å². The molecule has 1 aliphatic heterocycles. The zero-order valence-electron chi connectivity index (χ0n) is 16.2. The van der Waals surface area contributed by atoms with Crippen LogP contribution < -0.4 is 0 Å². The van der Waals surface area contributed by atoms with E-state index in [2.05, 4.69) is 20.2 Å². The summed E-state index contributed by atoms with van der Waals surface area (Å²) >= 11 is 0. The monoisotopic (exact) mass is 367 g/mol. The number of H-pyrrole nitrogens is 1. The molecule has 1 N–H and O–H groups in total. The van der Waals surface area contributed by atoms with E-state index in [4.69, 9.17) is 0 Å². The fourth-order valence-electron chi connectivity index (χ4n) is 3.98. The third kappa shape index (κ3) is 3.05. The fraction of sp³-hybridized carbons (Fsp3) is 0.474. The minimum atomic E-state index is 0.0201. The Hall–Kier alpha value is -2.90. The van der Waals surface area contributed by atoms with Crippen LogP contribution in [-0.2, 0) is 14.1 Å². The van der Waals surface area contributed by atoms with Gasteiger partial charge in [-0.3, -0.25) is 14.2 Å². The largest absolute Gasteiger partial charge is 0.348 e. The molecule has 142 valence electrons. The smallest absolute Gasteiger partial charge is 0.272 e. The number of carbonyl (C=O) groups is 1. The first kappa shape index (κ1) is 17.5. The zero-order chi connectivity index (χ0) is 19.1. The standard InChI is InChI=1S/C19H25N7O/c1-12-17(13(2)24(3)22-12)15-10-16(25(4)23-15)19(27)26-9-5-6-14(11-26)18-20-7-8-21-18/h7-8,10,14H,5-6,9,11H2,1-4H3,(H,20,21)/t14-/m1/s1. The molecule has 0 aromatic carbocycles. The van der Waals surface area contributed by atoms with Crippen LogP contribution in [0, 0.1) is 13.8 Å². The summed E-state index contributed by atoms with van der Waals surface area (Å²) in [6.07, 6.45) is 5.62. The molecule has 1 saturated heterocycles. The summed E-state index contributed by atoms with van der Waals surface area (Å²) in [7, 11) is 3.75. The van der Waals surface area contributed by atoms with Gasteiger partial charge in [-0.15, -0.1) is 0 Å². The van der Waals surface area contributed by atoms with Crippen molar-refractivity contribution in [3.63, 3.8) is 0 Å². The van der Waals surface area contributed by atoms with Crippen LogP contribution in [0.25, 0.3) is 11.3 Å². The lowest BCUT2D eigenvalue weighted by atomic mass is 9.97. The molecule has 0 saturated carbocycles. The van der Waals surface area contributed by atoms with Gasteiger partial charge in [0.1, 0.15) is 11.5 Å². The molecule has 0 unspecified atom stereocenters. The number of aromatic amines is 1. The van der Waals surface area contributed by atoms with E-state index in [0.29, 0.717) is 12.2 Å². The van der Waals surface area contributed by atoms with Gasteiger partial charge < -0.3 is 9.88 Å². The number of nitrogens with one attached hydrogen (secondary N) is 1. The number of amides is 1. The number of hydrogen-bond acceptors (Lipinski definition) is 4. The van der Waals surface area contributed by atoms with Crippen molar-refractivity contribution in [2.75, 3.05) is 13.1 Å². The Morgan fingerprint density at radius 2 is 2.04 bits per heavy atom. The Morgan fingerprint density at radius 1 is 1.22 bits per heavy atom. The average molecular weight is 367 g/mol. The summed E-state index contributed by atoms with van der Waals surface area (Å²) in [5.74, 6) is 1.24. The highest BCUT2D eigenvalue weighted by Gasteiger charge is 2.29. The van der Waals surface area contributed by atoms with Gasteiger partial charge in [-0.25, -0.2) is 4.98 Å². The van der Waals surface area contributed by atoms with Gasteiger partial charge in [-0.2, -0.15) is 10.2 Å². The van der Waals surface area contributed by atoms with Gasteiger partial charge in [-0.1, -0.05) is 0 Å². The van der Waals surface area contributed by atoms with Gasteiger partial charge in [0.15, 0.2) is 0 Å². The minimum absolute atomic E-state index is 0.0201. The molecule has 0 radical (unpaired) electrons. The van der Waals surface area contributed by atoms with Crippen LogP contribution in [0.3, 0.4) is 0 Å². The van der Waals surface area contributed by atoms with Gasteiger partial charge in [-0.05, 0) is 32.8 Å². The van der Waals surface area contributed by atoms with E-state index in [1.165, 1.54) is 0 Å². The molecule has 1 atom stereocenters. The van der Waals surface area contributed by atoms with E-state index in [9.17, 15) is 4.79 Å². The Bertz CT molecular complexity index is 967. The number of aryl methyl sites for hydroxylation is 3. The van der Waals surface area contributed by atoms with Gasteiger partial charge in [0.2, 0.25) is 0 Å². The molecule has 0 bridgehead atoms. The molecule has 1 aliphatic rings. The number of carbonyl (C=O) groups excluding carboxylic acids is 1. The molecule has 0 spiro atoms. The van der Waals surface area contributed by atoms with Crippen molar-refractivity contribution in [2.24, 2.45) is 14.1 Å². The third-order valence-corrected chi connectivity index (χ3v) is 5.48. The quantitative estimate of drug-likeness (QED) is 0.769. The van der Waals surface area contributed by atoms with Crippen molar-refractivity contribution in [1.82, 2.24) is 34.4 Å². The van der Waals surface area contributed by atoms with E-state index in [0.717, 1.165) is 47.9 Å².